The second kappa shape index (κ2) is 9.18. The van der Waals surface area contributed by atoms with Gasteiger partial charge < -0.3 is 19.6 Å². The predicted octanol–water partition coefficient (Wildman–Crippen LogP) is 2.23. The Hall–Kier alpha value is -3.39. The van der Waals surface area contributed by atoms with Crippen LogP contribution in [0.4, 0.5) is 5.69 Å². The molecule has 3 aromatic rings. The molecule has 162 valence electrons. The lowest BCUT2D eigenvalue weighted by Gasteiger charge is -2.36. The number of piperazine rings is 1. The van der Waals surface area contributed by atoms with Gasteiger partial charge in [0, 0.05) is 44.0 Å². The molecule has 0 radical (unpaired) electrons. The first-order valence-electron chi connectivity index (χ1n) is 10.5. The van der Waals surface area contributed by atoms with Crippen LogP contribution in [0.3, 0.4) is 0 Å². The first kappa shape index (κ1) is 20.9. The van der Waals surface area contributed by atoms with Crippen LogP contribution in [-0.2, 0) is 9.53 Å². The summed E-state index contributed by atoms with van der Waals surface area (Å²) in [6, 6.07) is 13.5. The molecule has 8 nitrogen and oxygen atoms in total. The molecule has 31 heavy (non-hydrogen) atoms. The molecule has 0 unspecified atom stereocenters. The van der Waals surface area contributed by atoms with Gasteiger partial charge in [-0.25, -0.2) is 9.78 Å². The number of carbonyl (C=O) groups is 2. The number of aliphatic hydroxyl groups excluding tert-OH is 1. The number of rotatable bonds is 6. The highest BCUT2D eigenvalue weighted by molar-refractivity contribution is 5.94. The van der Waals surface area contributed by atoms with Gasteiger partial charge in [-0.3, -0.25) is 9.36 Å². The molecule has 0 spiro atoms. The Labute approximate surface area is 180 Å². The number of aromatic nitrogens is 2. The van der Waals surface area contributed by atoms with E-state index in [0.29, 0.717) is 17.5 Å². The number of esters is 1. The van der Waals surface area contributed by atoms with Crippen LogP contribution in [0, 0.1) is 0 Å². The Balaban J connectivity index is 1.54. The summed E-state index contributed by atoms with van der Waals surface area (Å²) in [4.78, 5) is 32.6. The molecule has 1 N–H and O–H groups in total. The average Bonchev–Trinajstić information content (AvgIpc) is 3.25. The number of hydrogen-bond donors (Lipinski definition) is 1. The minimum Gasteiger partial charge on any atom is -0.460 e. The summed E-state index contributed by atoms with van der Waals surface area (Å²) in [5, 5.41) is 8.81. The summed E-state index contributed by atoms with van der Waals surface area (Å²) in [6.07, 6.45) is 2.29. The maximum absolute atomic E-state index is 12.0. The number of amides is 1. The van der Waals surface area contributed by atoms with Crippen LogP contribution in [0.25, 0.3) is 16.7 Å². The van der Waals surface area contributed by atoms with E-state index in [1.165, 1.54) is 0 Å². The summed E-state index contributed by atoms with van der Waals surface area (Å²) in [6.45, 7) is 4.75. The van der Waals surface area contributed by atoms with Gasteiger partial charge in [0.25, 0.3) is 0 Å². The van der Waals surface area contributed by atoms with Crippen molar-refractivity contribution in [1.82, 2.24) is 14.5 Å². The largest absolute Gasteiger partial charge is 0.460 e. The third kappa shape index (κ3) is 4.39. The molecule has 0 aliphatic carbocycles. The lowest BCUT2D eigenvalue weighted by atomic mass is 10.2. The van der Waals surface area contributed by atoms with E-state index in [2.05, 4.69) is 22.0 Å². The van der Waals surface area contributed by atoms with E-state index in [4.69, 9.17) is 9.84 Å². The summed E-state index contributed by atoms with van der Waals surface area (Å²) in [7, 11) is 0. The van der Waals surface area contributed by atoms with Crippen molar-refractivity contribution >= 4 is 28.6 Å². The second-order valence-corrected chi connectivity index (χ2v) is 7.42. The highest BCUT2D eigenvalue weighted by atomic mass is 16.5. The second-order valence-electron chi connectivity index (χ2n) is 7.42. The molecule has 4 rings (SSSR count). The molecule has 8 heteroatoms. The Morgan fingerprint density at radius 2 is 1.84 bits per heavy atom. The highest BCUT2D eigenvalue weighted by Gasteiger charge is 2.20. The van der Waals surface area contributed by atoms with Crippen molar-refractivity contribution < 1.29 is 19.4 Å². The third-order valence-corrected chi connectivity index (χ3v) is 5.52. The van der Waals surface area contributed by atoms with Crippen LogP contribution in [0.5, 0.6) is 0 Å². The van der Waals surface area contributed by atoms with Crippen molar-refractivity contribution in [3.05, 3.63) is 54.4 Å². The molecular weight excluding hydrogens is 396 g/mol. The van der Waals surface area contributed by atoms with Crippen molar-refractivity contribution in [2.24, 2.45) is 0 Å². The minimum absolute atomic E-state index is 0.0288. The number of imidazole rings is 1. The molecule has 1 saturated heterocycles. The summed E-state index contributed by atoms with van der Waals surface area (Å²) in [5.74, 6) is -0.272. The monoisotopic (exact) mass is 422 g/mol. The first-order chi connectivity index (χ1) is 15.1. The van der Waals surface area contributed by atoms with Gasteiger partial charge in [0.1, 0.15) is 12.9 Å². The van der Waals surface area contributed by atoms with Crippen LogP contribution in [0.2, 0.25) is 0 Å². The van der Waals surface area contributed by atoms with E-state index in [-0.39, 0.29) is 19.1 Å². The zero-order chi connectivity index (χ0) is 21.8. The van der Waals surface area contributed by atoms with Crippen molar-refractivity contribution in [2.45, 2.75) is 13.3 Å². The van der Waals surface area contributed by atoms with Crippen LogP contribution in [-0.4, -0.2) is 70.8 Å². The summed E-state index contributed by atoms with van der Waals surface area (Å²) < 4.78 is 6.96. The van der Waals surface area contributed by atoms with Gasteiger partial charge in [-0.2, -0.15) is 0 Å². The minimum atomic E-state index is -0.479. The molecule has 2 heterocycles. The number of benzene rings is 2. The zero-order valence-electron chi connectivity index (χ0n) is 17.5. The van der Waals surface area contributed by atoms with Gasteiger partial charge in [-0.15, -0.1) is 0 Å². The zero-order valence-corrected chi connectivity index (χ0v) is 17.5. The van der Waals surface area contributed by atoms with Gasteiger partial charge in [0.15, 0.2) is 0 Å². The molecule has 1 aromatic heterocycles. The fourth-order valence-electron chi connectivity index (χ4n) is 3.84. The number of nitrogens with zero attached hydrogens (tertiary/aromatic N) is 4. The van der Waals surface area contributed by atoms with E-state index in [0.717, 1.165) is 43.1 Å². The molecule has 0 atom stereocenters. The maximum atomic E-state index is 12.0. The standard InChI is InChI=1S/C23H26N4O4/c1-2-22(29)26-10-8-25(9-11-26)18-4-3-5-19(15-18)27-16-24-20-14-17(6-7-21(20)27)23(30)31-13-12-28/h3-7,14-16,28H,2,8-13H2,1H3. The van der Waals surface area contributed by atoms with Crippen LogP contribution < -0.4 is 4.90 Å². The number of anilines is 1. The van der Waals surface area contributed by atoms with Crippen molar-refractivity contribution in [3.8, 4) is 5.69 Å². The van der Waals surface area contributed by atoms with Crippen molar-refractivity contribution in [1.29, 1.82) is 0 Å². The predicted molar refractivity (Wildman–Crippen MR) is 118 cm³/mol. The fraction of sp³-hybridized carbons (Fsp3) is 0.348. The van der Waals surface area contributed by atoms with Crippen LogP contribution in [0.1, 0.15) is 23.7 Å². The van der Waals surface area contributed by atoms with Gasteiger partial charge in [0.2, 0.25) is 5.91 Å². The molecule has 1 amide bonds. The molecule has 1 aliphatic heterocycles. The van der Waals surface area contributed by atoms with Crippen molar-refractivity contribution in [3.63, 3.8) is 0 Å². The van der Waals surface area contributed by atoms with Gasteiger partial charge in [-0.1, -0.05) is 13.0 Å². The topological polar surface area (TPSA) is 87.9 Å². The van der Waals surface area contributed by atoms with Crippen LogP contribution >= 0.6 is 0 Å². The Morgan fingerprint density at radius 3 is 2.58 bits per heavy atom. The smallest absolute Gasteiger partial charge is 0.338 e. The van der Waals surface area contributed by atoms with Crippen molar-refractivity contribution in [2.75, 3.05) is 44.3 Å². The number of hydrogen-bond acceptors (Lipinski definition) is 6. The molecule has 1 aliphatic rings. The molecule has 2 aromatic carbocycles. The summed E-state index contributed by atoms with van der Waals surface area (Å²) >= 11 is 0. The number of ether oxygens (including phenoxy) is 1. The van der Waals surface area contributed by atoms with Crippen LogP contribution in [0.15, 0.2) is 48.8 Å². The molecular formula is C23H26N4O4. The van der Waals surface area contributed by atoms with Gasteiger partial charge in [-0.05, 0) is 36.4 Å². The normalized spacial score (nSPS) is 14.1. The Morgan fingerprint density at radius 1 is 1.06 bits per heavy atom. The summed E-state index contributed by atoms with van der Waals surface area (Å²) in [5.41, 5.74) is 4.05. The molecule has 0 bridgehead atoms. The molecule has 0 saturated carbocycles. The number of aliphatic hydroxyl groups is 1. The number of carbonyl (C=O) groups excluding carboxylic acids is 2. The third-order valence-electron chi connectivity index (χ3n) is 5.52. The van der Waals surface area contributed by atoms with E-state index in [1.54, 1.807) is 18.5 Å². The average molecular weight is 422 g/mol. The van der Waals surface area contributed by atoms with E-state index < -0.39 is 5.97 Å². The van der Waals surface area contributed by atoms with Gasteiger partial charge in [0.05, 0.1) is 23.2 Å². The van der Waals surface area contributed by atoms with E-state index in [9.17, 15) is 9.59 Å². The quantitative estimate of drug-likeness (QED) is 0.613. The SMILES string of the molecule is CCC(=O)N1CCN(c2cccc(-n3cnc4cc(C(=O)OCCO)ccc43)c2)CC1. The Bertz CT molecular complexity index is 1090. The lowest BCUT2D eigenvalue weighted by molar-refractivity contribution is -0.131. The number of fused-ring (bicyclic) bond motifs is 1. The first-order valence-corrected chi connectivity index (χ1v) is 10.5. The lowest BCUT2D eigenvalue weighted by Crippen LogP contribution is -2.48. The van der Waals surface area contributed by atoms with Gasteiger partial charge >= 0.3 is 5.97 Å². The fourth-order valence-corrected chi connectivity index (χ4v) is 3.84. The highest BCUT2D eigenvalue weighted by Crippen LogP contribution is 2.24. The van der Waals surface area contributed by atoms with E-state index >= 15 is 0 Å². The molecule has 1 fully saturated rings. The van der Waals surface area contributed by atoms with E-state index in [1.807, 2.05) is 34.6 Å². The Kier molecular flexibility index (Phi) is 6.18. The maximum Gasteiger partial charge on any atom is 0.338 e.